The molecule has 3 aromatic rings. The Labute approximate surface area is 122 Å². The van der Waals surface area contributed by atoms with Gasteiger partial charge in [-0.25, -0.2) is 0 Å². The highest BCUT2D eigenvalue weighted by Gasteiger charge is 2.09. The molecule has 5 nitrogen and oxygen atoms in total. The number of hydrogen-bond donors (Lipinski definition) is 1. The standard InChI is InChI=1S/C12H12BrN5S/c1-14-7-6-12-16-15-11-5-2-8(17-18(11)12)9-3-4-10(13)19-9/h2-5,14H,6-7H2,1H3. The van der Waals surface area contributed by atoms with Gasteiger partial charge in [0, 0.05) is 13.0 Å². The van der Waals surface area contributed by atoms with Crippen molar-refractivity contribution >= 4 is 32.9 Å². The monoisotopic (exact) mass is 337 g/mol. The molecular weight excluding hydrogens is 326 g/mol. The first-order chi connectivity index (χ1) is 9.28. The minimum Gasteiger partial charge on any atom is -0.319 e. The number of nitrogens with one attached hydrogen (secondary N) is 1. The third-order valence-electron chi connectivity index (χ3n) is 2.75. The molecule has 0 amide bonds. The zero-order valence-corrected chi connectivity index (χ0v) is 12.7. The molecule has 98 valence electrons. The molecule has 3 aromatic heterocycles. The lowest BCUT2D eigenvalue weighted by molar-refractivity contribution is 0.726. The van der Waals surface area contributed by atoms with Crippen LogP contribution in [0.2, 0.25) is 0 Å². The molecule has 1 N–H and O–H groups in total. The smallest absolute Gasteiger partial charge is 0.177 e. The van der Waals surface area contributed by atoms with E-state index < -0.39 is 0 Å². The molecule has 0 unspecified atom stereocenters. The molecule has 0 fully saturated rings. The van der Waals surface area contributed by atoms with Crippen LogP contribution in [0.1, 0.15) is 5.82 Å². The fourth-order valence-corrected chi connectivity index (χ4v) is 3.16. The van der Waals surface area contributed by atoms with Crippen LogP contribution in [0, 0.1) is 0 Å². The normalized spacial score (nSPS) is 11.3. The molecule has 0 spiro atoms. The van der Waals surface area contributed by atoms with E-state index in [0.29, 0.717) is 0 Å². The third kappa shape index (κ3) is 2.54. The summed E-state index contributed by atoms with van der Waals surface area (Å²) in [4.78, 5) is 1.13. The van der Waals surface area contributed by atoms with Gasteiger partial charge in [-0.15, -0.1) is 21.5 Å². The van der Waals surface area contributed by atoms with Crippen LogP contribution in [0.3, 0.4) is 0 Å². The Kier molecular flexibility index (Phi) is 3.58. The van der Waals surface area contributed by atoms with Crippen molar-refractivity contribution in [3.8, 4) is 10.6 Å². The maximum Gasteiger partial charge on any atom is 0.177 e. The zero-order valence-electron chi connectivity index (χ0n) is 10.3. The summed E-state index contributed by atoms with van der Waals surface area (Å²) in [5, 5.41) is 16.0. The molecule has 0 aliphatic rings. The molecule has 0 bridgehead atoms. The molecule has 0 aliphatic carbocycles. The van der Waals surface area contributed by atoms with Gasteiger partial charge in [-0.3, -0.25) is 0 Å². The van der Waals surface area contributed by atoms with Gasteiger partial charge < -0.3 is 5.32 Å². The Morgan fingerprint density at radius 1 is 1.26 bits per heavy atom. The zero-order chi connectivity index (χ0) is 13.2. The van der Waals surface area contributed by atoms with Crippen LogP contribution < -0.4 is 5.32 Å². The maximum atomic E-state index is 4.63. The van der Waals surface area contributed by atoms with E-state index in [-0.39, 0.29) is 0 Å². The van der Waals surface area contributed by atoms with E-state index in [1.807, 2.05) is 29.8 Å². The first-order valence-electron chi connectivity index (χ1n) is 5.89. The van der Waals surface area contributed by atoms with E-state index in [1.54, 1.807) is 11.3 Å². The Morgan fingerprint density at radius 3 is 2.89 bits per heavy atom. The average molecular weight is 338 g/mol. The summed E-state index contributed by atoms with van der Waals surface area (Å²) in [6.45, 7) is 0.858. The van der Waals surface area contributed by atoms with Gasteiger partial charge >= 0.3 is 0 Å². The fourth-order valence-electron chi connectivity index (χ4n) is 1.81. The third-order valence-corrected chi connectivity index (χ3v) is 4.40. The van der Waals surface area contributed by atoms with Crippen molar-refractivity contribution in [1.29, 1.82) is 0 Å². The highest BCUT2D eigenvalue weighted by atomic mass is 79.9. The molecule has 0 atom stereocenters. The number of rotatable bonds is 4. The molecule has 3 rings (SSSR count). The minimum absolute atomic E-state index is 0.783. The summed E-state index contributed by atoms with van der Waals surface area (Å²) >= 11 is 5.13. The van der Waals surface area contributed by atoms with Crippen molar-refractivity contribution in [2.45, 2.75) is 6.42 Å². The number of fused-ring (bicyclic) bond motifs is 1. The highest BCUT2D eigenvalue weighted by Crippen LogP contribution is 2.29. The first kappa shape index (κ1) is 12.7. The van der Waals surface area contributed by atoms with Crippen molar-refractivity contribution in [2.24, 2.45) is 0 Å². The van der Waals surface area contributed by atoms with Gasteiger partial charge in [0.2, 0.25) is 0 Å². The summed E-state index contributed by atoms with van der Waals surface area (Å²) in [7, 11) is 1.92. The summed E-state index contributed by atoms with van der Waals surface area (Å²) in [5.41, 5.74) is 1.72. The van der Waals surface area contributed by atoms with E-state index in [1.165, 1.54) is 0 Å². The minimum atomic E-state index is 0.783. The predicted molar refractivity (Wildman–Crippen MR) is 79.4 cm³/mol. The van der Waals surface area contributed by atoms with E-state index in [0.717, 1.165) is 38.8 Å². The Hall–Kier alpha value is -1.31. The van der Waals surface area contributed by atoms with E-state index in [4.69, 9.17) is 0 Å². The van der Waals surface area contributed by atoms with Crippen LogP contribution in [0.15, 0.2) is 28.1 Å². The topological polar surface area (TPSA) is 55.1 Å². The van der Waals surface area contributed by atoms with Crippen molar-refractivity contribution in [1.82, 2.24) is 25.1 Å². The number of aromatic nitrogens is 4. The second-order valence-corrected chi connectivity index (χ2v) is 6.53. The number of halogens is 1. The predicted octanol–water partition coefficient (Wildman–Crippen LogP) is 2.38. The van der Waals surface area contributed by atoms with Gasteiger partial charge in [0.15, 0.2) is 11.5 Å². The van der Waals surface area contributed by atoms with Crippen LogP contribution in [0.5, 0.6) is 0 Å². The highest BCUT2D eigenvalue weighted by molar-refractivity contribution is 9.11. The molecular formula is C12H12BrN5S. The summed E-state index contributed by atoms with van der Waals surface area (Å²) in [6, 6.07) is 8.01. The number of nitrogens with zero attached hydrogens (tertiary/aromatic N) is 4. The molecule has 0 radical (unpaired) electrons. The van der Waals surface area contributed by atoms with E-state index >= 15 is 0 Å². The van der Waals surface area contributed by atoms with Gasteiger partial charge in [0.1, 0.15) is 5.69 Å². The lowest BCUT2D eigenvalue weighted by atomic mass is 10.3. The Balaban J connectivity index is 2.03. The number of likely N-dealkylation sites (N-methyl/N-ethyl adjacent to an activating group) is 1. The Bertz CT molecular complexity index is 705. The average Bonchev–Trinajstić information content (AvgIpc) is 3.02. The van der Waals surface area contributed by atoms with Crippen molar-refractivity contribution in [2.75, 3.05) is 13.6 Å². The summed E-state index contributed by atoms with van der Waals surface area (Å²) < 4.78 is 2.92. The first-order valence-corrected chi connectivity index (χ1v) is 7.50. The van der Waals surface area contributed by atoms with Crippen LogP contribution in [0.25, 0.3) is 16.2 Å². The number of hydrogen-bond acceptors (Lipinski definition) is 5. The van der Waals surface area contributed by atoms with Gasteiger partial charge in [0.05, 0.1) is 8.66 Å². The molecule has 3 heterocycles. The lowest BCUT2D eigenvalue weighted by Gasteiger charge is -2.01. The quantitative estimate of drug-likeness (QED) is 0.794. The van der Waals surface area contributed by atoms with Gasteiger partial charge in [0.25, 0.3) is 0 Å². The largest absolute Gasteiger partial charge is 0.319 e. The van der Waals surface area contributed by atoms with Gasteiger partial charge in [-0.05, 0) is 47.2 Å². The van der Waals surface area contributed by atoms with Crippen molar-refractivity contribution in [3.63, 3.8) is 0 Å². The van der Waals surface area contributed by atoms with Crippen LogP contribution in [-0.2, 0) is 6.42 Å². The summed E-state index contributed by atoms with van der Waals surface area (Å²) in [5.74, 6) is 0.877. The second kappa shape index (κ2) is 5.36. The number of thiophene rings is 1. The van der Waals surface area contributed by atoms with Gasteiger partial charge in [-0.2, -0.15) is 9.61 Å². The van der Waals surface area contributed by atoms with E-state index in [9.17, 15) is 0 Å². The molecule has 19 heavy (non-hydrogen) atoms. The van der Waals surface area contributed by atoms with Gasteiger partial charge in [-0.1, -0.05) is 0 Å². The van der Waals surface area contributed by atoms with E-state index in [2.05, 4.69) is 42.6 Å². The van der Waals surface area contributed by atoms with Crippen molar-refractivity contribution < 1.29 is 0 Å². The maximum absolute atomic E-state index is 4.63. The fraction of sp³-hybridized carbons (Fsp3) is 0.250. The molecule has 0 saturated carbocycles. The molecule has 0 saturated heterocycles. The Morgan fingerprint density at radius 2 is 2.16 bits per heavy atom. The van der Waals surface area contributed by atoms with Crippen LogP contribution in [0.4, 0.5) is 0 Å². The SMILES string of the molecule is CNCCc1nnc2ccc(-c3ccc(Br)s3)nn12. The van der Waals surface area contributed by atoms with Crippen LogP contribution >= 0.6 is 27.3 Å². The molecule has 0 aliphatic heterocycles. The lowest BCUT2D eigenvalue weighted by Crippen LogP contribution is -2.13. The van der Waals surface area contributed by atoms with Crippen molar-refractivity contribution in [3.05, 3.63) is 33.9 Å². The second-order valence-electron chi connectivity index (χ2n) is 4.06. The summed E-state index contributed by atoms with van der Waals surface area (Å²) in [6.07, 6.45) is 0.808. The van der Waals surface area contributed by atoms with Crippen LogP contribution in [-0.4, -0.2) is 33.4 Å². The molecule has 7 heteroatoms. The molecule has 0 aromatic carbocycles.